The van der Waals surface area contributed by atoms with Crippen LogP contribution >= 0.6 is 0 Å². The largest absolute Gasteiger partial charge is 0.388 e. The second-order valence-electron chi connectivity index (χ2n) is 6.47. The Bertz CT molecular complexity index is 399. The summed E-state index contributed by atoms with van der Waals surface area (Å²) in [7, 11) is 0. The first-order chi connectivity index (χ1) is 9.86. The molecule has 1 saturated heterocycles. The number of rotatable bonds is 3. The van der Waals surface area contributed by atoms with Gasteiger partial charge in [-0.25, -0.2) is 0 Å². The summed E-state index contributed by atoms with van der Waals surface area (Å²) in [6.07, 6.45) is 8.83. The minimum atomic E-state index is -0.288. The third-order valence-corrected chi connectivity index (χ3v) is 5.19. The van der Waals surface area contributed by atoms with E-state index < -0.39 is 0 Å². The molecular weight excluding hydrogens is 246 g/mol. The number of aliphatic hydroxyl groups is 1. The summed E-state index contributed by atoms with van der Waals surface area (Å²) >= 11 is 0. The van der Waals surface area contributed by atoms with Crippen LogP contribution < -0.4 is 0 Å². The molecule has 0 amide bonds. The van der Waals surface area contributed by atoms with E-state index in [0.29, 0.717) is 12.0 Å². The topological polar surface area (TPSA) is 23.5 Å². The Morgan fingerprint density at radius 2 is 1.60 bits per heavy atom. The Morgan fingerprint density at radius 3 is 2.35 bits per heavy atom. The van der Waals surface area contributed by atoms with E-state index in [0.717, 1.165) is 5.56 Å². The maximum atomic E-state index is 10.8. The highest BCUT2D eigenvalue weighted by atomic mass is 16.3. The fraction of sp³-hybridized carbons (Fsp3) is 0.667. The van der Waals surface area contributed by atoms with Crippen molar-refractivity contribution in [1.29, 1.82) is 0 Å². The van der Waals surface area contributed by atoms with Gasteiger partial charge in [-0.15, -0.1) is 0 Å². The molecule has 1 N–H and O–H groups in total. The molecule has 3 unspecified atom stereocenters. The molecule has 1 heterocycles. The van der Waals surface area contributed by atoms with E-state index in [1.165, 1.54) is 58.0 Å². The standard InChI is InChI=1S/C18H27NO/c20-18(15-9-3-1-4-10-15)16-11-5-6-12-17(16)19-13-7-2-8-14-19/h1,3-4,9-10,16-18,20H,2,5-8,11-14H2. The first-order valence-corrected chi connectivity index (χ1v) is 8.33. The van der Waals surface area contributed by atoms with Crippen molar-refractivity contribution in [1.82, 2.24) is 4.90 Å². The Kier molecular flexibility index (Phi) is 4.74. The van der Waals surface area contributed by atoms with Crippen molar-refractivity contribution in [3.63, 3.8) is 0 Å². The molecule has 1 aliphatic heterocycles. The van der Waals surface area contributed by atoms with E-state index in [4.69, 9.17) is 0 Å². The molecule has 1 aromatic rings. The fourth-order valence-corrected chi connectivity index (χ4v) is 4.11. The van der Waals surface area contributed by atoms with Gasteiger partial charge in [0.05, 0.1) is 6.10 Å². The monoisotopic (exact) mass is 273 g/mol. The van der Waals surface area contributed by atoms with Gasteiger partial charge in [0.15, 0.2) is 0 Å². The lowest BCUT2D eigenvalue weighted by atomic mass is 9.77. The molecule has 0 bridgehead atoms. The van der Waals surface area contributed by atoms with Crippen molar-refractivity contribution in [2.24, 2.45) is 5.92 Å². The molecule has 2 nitrogen and oxygen atoms in total. The van der Waals surface area contributed by atoms with E-state index in [2.05, 4.69) is 17.0 Å². The maximum absolute atomic E-state index is 10.8. The van der Waals surface area contributed by atoms with Crippen molar-refractivity contribution in [3.8, 4) is 0 Å². The van der Waals surface area contributed by atoms with E-state index in [-0.39, 0.29) is 6.10 Å². The lowest BCUT2D eigenvalue weighted by Gasteiger charge is -2.43. The van der Waals surface area contributed by atoms with Gasteiger partial charge in [-0.05, 0) is 44.3 Å². The van der Waals surface area contributed by atoms with E-state index in [1.807, 2.05) is 18.2 Å². The van der Waals surface area contributed by atoms with Gasteiger partial charge in [0, 0.05) is 12.0 Å². The molecule has 3 rings (SSSR count). The fourth-order valence-electron chi connectivity index (χ4n) is 4.11. The number of piperidine rings is 1. The second kappa shape index (κ2) is 6.73. The summed E-state index contributed by atoms with van der Waals surface area (Å²) in [5.74, 6) is 0.421. The van der Waals surface area contributed by atoms with Crippen LogP contribution in [0.4, 0.5) is 0 Å². The zero-order valence-electron chi connectivity index (χ0n) is 12.4. The van der Waals surface area contributed by atoms with Crippen LogP contribution in [-0.2, 0) is 0 Å². The van der Waals surface area contributed by atoms with E-state index >= 15 is 0 Å². The predicted molar refractivity (Wildman–Crippen MR) is 82.6 cm³/mol. The molecule has 20 heavy (non-hydrogen) atoms. The first kappa shape index (κ1) is 14.1. The molecule has 3 atom stereocenters. The summed E-state index contributed by atoms with van der Waals surface area (Å²) in [5, 5.41) is 10.8. The summed E-state index contributed by atoms with van der Waals surface area (Å²) in [6, 6.07) is 10.9. The average molecular weight is 273 g/mol. The van der Waals surface area contributed by atoms with Crippen molar-refractivity contribution < 1.29 is 5.11 Å². The van der Waals surface area contributed by atoms with Gasteiger partial charge >= 0.3 is 0 Å². The highest BCUT2D eigenvalue weighted by Crippen LogP contribution is 2.38. The summed E-state index contributed by atoms with van der Waals surface area (Å²) < 4.78 is 0. The summed E-state index contributed by atoms with van der Waals surface area (Å²) in [4.78, 5) is 2.67. The van der Waals surface area contributed by atoms with Crippen LogP contribution in [0.3, 0.4) is 0 Å². The zero-order chi connectivity index (χ0) is 13.8. The number of hydrogen-bond donors (Lipinski definition) is 1. The molecule has 1 aliphatic carbocycles. The van der Waals surface area contributed by atoms with Gasteiger partial charge in [-0.1, -0.05) is 49.6 Å². The van der Waals surface area contributed by atoms with Crippen LogP contribution in [0.25, 0.3) is 0 Å². The van der Waals surface area contributed by atoms with Gasteiger partial charge in [0.25, 0.3) is 0 Å². The molecule has 0 spiro atoms. The molecule has 0 radical (unpaired) electrons. The molecule has 1 aromatic carbocycles. The predicted octanol–water partition coefficient (Wildman–Crippen LogP) is 3.76. The van der Waals surface area contributed by atoms with Gasteiger partial charge in [0.2, 0.25) is 0 Å². The Labute approximate surface area is 122 Å². The summed E-state index contributed by atoms with van der Waals surface area (Å²) in [6.45, 7) is 2.48. The Hall–Kier alpha value is -0.860. The lowest BCUT2D eigenvalue weighted by molar-refractivity contribution is 0.00386. The SMILES string of the molecule is OC(c1ccccc1)C1CCCCC1N1CCCCC1. The molecule has 0 aromatic heterocycles. The first-order valence-electron chi connectivity index (χ1n) is 8.33. The van der Waals surface area contributed by atoms with Crippen LogP contribution in [0.1, 0.15) is 56.6 Å². The number of benzene rings is 1. The van der Waals surface area contributed by atoms with Crippen LogP contribution in [0.2, 0.25) is 0 Å². The number of nitrogens with zero attached hydrogens (tertiary/aromatic N) is 1. The third-order valence-electron chi connectivity index (χ3n) is 5.19. The van der Waals surface area contributed by atoms with Crippen molar-refractivity contribution in [2.75, 3.05) is 13.1 Å². The lowest BCUT2D eigenvalue weighted by Crippen LogP contribution is -2.46. The second-order valence-corrected chi connectivity index (χ2v) is 6.47. The van der Waals surface area contributed by atoms with Gasteiger partial charge in [0.1, 0.15) is 0 Å². The number of hydrogen-bond acceptors (Lipinski definition) is 2. The molecular formula is C18H27NO. The van der Waals surface area contributed by atoms with Gasteiger partial charge in [-0.3, -0.25) is 0 Å². The smallest absolute Gasteiger partial charge is 0.0833 e. The van der Waals surface area contributed by atoms with Crippen molar-refractivity contribution in [2.45, 2.75) is 57.1 Å². The van der Waals surface area contributed by atoms with Gasteiger partial charge in [-0.2, -0.15) is 0 Å². The Balaban J connectivity index is 1.74. The maximum Gasteiger partial charge on any atom is 0.0833 e. The molecule has 2 heteroatoms. The summed E-state index contributed by atoms with van der Waals surface area (Å²) in [5.41, 5.74) is 1.10. The van der Waals surface area contributed by atoms with Crippen LogP contribution in [0, 0.1) is 5.92 Å². The highest BCUT2D eigenvalue weighted by molar-refractivity contribution is 5.18. The van der Waals surface area contributed by atoms with Gasteiger partial charge < -0.3 is 10.0 Å². The van der Waals surface area contributed by atoms with Crippen LogP contribution in [-0.4, -0.2) is 29.1 Å². The molecule has 1 saturated carbocycles. The van der Waals surface area contributed by atoms with Crippen LogP contribution in [0.5, 0.6) is 0 Å². The zero-order valence-corrected chi connectivity index (χ0v) is 12.4. The third kappa shape index (κ3) is 3.07. The molecule has 2 fully saturated rings. The molecule has 2 aliphatic rings. The normalized spacial score (nSPS) is 30.1. The van der Waals surface area contributed by atoms with Crippen molar-refractivity contribution >= 4 is 0 Å². The molecule has 110 valence electrons. The number of aliphatic hydroxyl groups excluding tert-OH is 1. The quantitative estimate of drug-likeness (QED) is 0.906. The highest BCUT2D eigenvalue weighted by Gasteiger charge is 2.35. The van der Waals surface area contributed by atoms with E-state index in [1.54, 1.807) is 0 Å². The van der Waals surface area contributed by atoms with Crippen molar-refractivity contribution in [3.05, 3.63) is 35.9 Å². The average Bonchev–Trinajstić information content (AvgIpc) is 2.56. The minimum absolute atomic E-state index is 0.288. The van der Waals surface area contributed by atoms with E-state index in [9.17, 15) is 5.11 Å². The number of likely N-dealkylation sites (tertiary alicyclic amines) is 1. The minimum Gasteiger partial charge on any atom is -0.388 e. The Morgan fingerprint density at radius 1 is 0.900 bits per heavy atom. The van der Waals surface area contributed by atoms with Crippen LogP contribution in [0.15, 0.2) is 30.3 Å².